The van der Waals surface area contributed by atoms with E-state index >= 15 is 0 Å². The molecule has 1 N–H and O–H groups in total. The summed E-state index contributed by atoms with van der Waals surface area (Å²) in [7, 11) is 1.56. The maximum absolute atomic E-state index is 12.9. The lowest BCUT2D eigenvalue weighted by atomic mass is 10.1. The Labute approximate surface area is 120 Å². The van der Waals surface area contributed by atoms with Crippen LogP contribution in [-0.2, 0) is 4.74 Å². The van der Waals surface area contributed by atoms with Crippen LogP contribution in [0.2, 0.25) is 0 Å². The first-order valence-corrected chi connectivity index (χ1v) is 6.22. The molecule has 2 aromatic rings. The highest BCUT2D eigenvalue weighted by Crippen LogP contribution is 2.19. The molecule has 0 bridgehead atoms. The molecule has 1 heterocycles. The molecule has 0 fully saturated rings. The zero-order valence-corrected chi connectivity index (χ0v) is 11.3. The topological polar surface area (TPSA) is 77.3 Å². The molecule has 0 saturated heterocycles. The van der Waals surface area contributed by atoms with Crippen molar-refractivity contribution in [1.29, 1.82) is 0 Å². The standard InChI is InChI=1S/C14H14FN3O3/c1-21-13(10-2-4-11(15)5-3-10)9-16-12-6-7-14(17-8-12)18(19)20/h2-8,13,16H,9H2,1H3. The Balaban J connectivity index is 1.99. The number of pyridine rings is 1. The van der Waals surface area contributed by atoms with Gasteiger partial charge in [-0.15, -0.1) is 0 Å². The van der Waals surface area contributed by atoms with Crippen molar-refractivity contribution in [2.45, 2.75) is 6.10 Å². The molecule has 0 aliphatic heterocycles. The third kappa shape index (κ3) is 3.96. The van der Waals surface area contributed by atoms with Crippen LogP contribution in [0.25, 0.3) is 0 Å². The first-order valence-electron chi connectivity index (χ1n) is 6.22. The van der Waals surface area contributed by atoms with E-state index in [1.807, 2.05) is 0 Å². The number of nitrogens with one attached hydrogen (secondary N) is 1. The zero-order chi connectivity index (χ0) is 15.2. The van der Waals surface area contributed by atoms with E-state index in [2.05, 4.69) is 10.3 Å². The van der Waals surface area contributed by atoms with Gasteiger partial charge in [-0.25, -0.2) is 4.39 Å². The lowest BCUT2D eigenvalue weighted by Gasteiger charge is -2.16. The summed E-state index contributed by atoms with van der Waals surface area (Å²) < 4.78 is 18.2. The van der Waals surface area contributed by atoms with Crippen molar-refractivity contribution in [1.82, 2.24) is 4.98 Å². The molecule has 0 spiro atoms. The van der Waals surface area contributed by atoms with E-state index in [4.69, 9.17) is 4.74 Å². The van der Waals surface area contributed by atoms with Gasteiger partial charge in [-0.3, -0.25) is 0 Å². The second-order valence-corrected chi connectivity index (χ2v) is 4.32. The Kier molecular flexibility index (Phi) is 4.78. The summed E-state index contributed by atoms with van der Waals surface area (Å²) in [4.78, 5) is 13.7. The van der Waals surface area contributed by atoms with Gasteiger partial charge < -0.3 is 20.2 Å². The maximum Gasteiger partial charge on any atom is 0.363 e. The van der Waals surface area contributed by atoms with Crippen molar-refractivity contribution in [3.8, 4) is 0 Å². The fraction of sp³-hybridized carbons (Fsp3) is 0.214. The summed E-state index contributed by atoms with van der Waals surface area (Å²) in [5.41, 5.74) is 1.48. The summed E-state index contributed by atoms with van der Waals surface area (Å²) in [6.07, 6.45) is 1.12. The average Bonchev–Trinajstić information content (AvgIpc) is 2.50. The molecule has 1 aromatic carbocycles. The molecular weight excluding hydrogens is 277 g/mol. The highest BCUT2D eigenvalue weighted by Gasteiger charge is 2.11. The number of aromatic nitrogens is 1. The molecule has 7 heteroatoms. The summed E-state index contributed by atoms with van der Waals surface area (Å²) in [6, 6.07) is 8.94. The van der Waals surface area contributed by atoms with Gasteiger partial charge in [0.2, 0.25) is 0 Å². The quantitative estimate of drug-likeness (QED) is 0.654. The van der Waals surface area contributed by atoms with E-state index in [9.17, 15) is 14.5 Å². The minimum Gasteiger partial charge on any atom is -0.379 e. The van der Waals surface area contributed by atoms with Crippen LogP contribution in [0.5, 0.6) is 0 Å². The normalized spacial score (nSPS) is 11.9. The molecule has 0 radical (unpaired) electrons. The highest BCUT2D eigenvalue weighted by molar-refractivity contribution is 5.43. The van der Waals surface area contributed by atoms with Gasteiger partial charge in [-0.05, 0) is 33.7 Å². The predicted octanol–water partition coefficient (Wildman–Crippen LogP) is 2.93. The molecule has 110 valence electrons. The average molecular weight is 291 g/mol. The van der Waals surface area contributed by atoms with E-state index in [1.54, 1.807) is 25.3 Å². The van der Waals surface area contributed by atoms with Crippen LogP contribution in [0.15, 0.2) is 42.6 Å². The van der Waals surface area contributed by atoms with Gasteiger partial charge >= 0.3 is 5.82 Å². The number of hydrogen-bond donors (Lipinski definition) is 1. The van der Waals surface area contributed by atoms with Crippen molar-refractivity contribution in [3.63, 3.8) is 0 Å². The largest absolute Gasteiger partial charge is 0.379 e. The Bertz CT molecular complexity index is 602. The smallest absolute Gasteiger partial charge is 0.363 e. The Morgan fingerprint density at radius 1 is 1.33 bits per heavy atom. The fourth-order valence-electron chi connectivity index (χ4n) is 1.82. The molecule has 2 rings (SSSR count). The Morgan fingerprint density at radius 2 is 2.05 bits per heavy atom. The van der Waals surface area contributed by atoms with Crippen LogP contribution in [0.3, 0.4) is 0 Å². The van der Waals surface area contributed by atoms with E-state index in [1.165, 1.54) is 24.4 Å². The van der Waals surface area contributed by atoms with E-state index < -0.39 is 4.92 Å². The van der Waals surface area contributed by atoms with Crippen molar-refractivity contribution in [2.75, 3.05) is 19.0 Å². The Morgan fingerprint density at radius 3 is 2.57 bits per heavy atom. The lowest BCUT2D eigenvalue weighted by Crippen LogP contribution is -2.14. The molecule has 0 aliphatic carbocycles. The minimum absolute atomic E-state index is 0.206. The predicted molar refractivity (Wildman–Crippen MR) is 75.5 cm³/mol. The van der Waals surface area contributed by atoms with Crippen molar-refractivity contribution >= 4 is 11.5 Å². The molecule has 1 aromatic heterocycles. The maximum atomic E-state index is 12.9. The van der Waals surface area contributed by atoms with E-state index in [0.717, 1.165) is 5.56 Å². The number of halogens is 1. The molecular formula is C14H14FN3O3. The summed E-state index contributed by atoms with van der Waals surface area (Å²) in [5, 5.41) is 13.6. The van der Waals surface area contributed by atoms with Crippen LogP contribution in [0.1, 0.15) is 11.7 Å². The number of benzene rings is 1. The molecule has 6 nitrogen and oxygen atoms in total. The lowest BCUT2D eigenvalue weighted by molar-refractivity contribution is -0.389. The SMILES string of the molecule is COC(CNc1ccc([N+](=O)[O-])nc1)c1ccc(F)cc1. The van der Waals surface area contributed by atoms with Crippen LogP contribution in [-0.4, -0.2) is 23.6 Å². The van der Waals surface area contributed by atoms with Gasteiger partial charge in [-0.2, -0.15) is 0 Å². The second-order valence-electron chi connectivity index (χ2n) is 4.32. The highest BCUT2D eigenvalue weighted by atomic mass is 19.1. The third-order valence-corrected chi connectivity index (χ3v) is 2.95. The van der Waals surface area contributed by atoms with Crippen LogP contribution in [0, 0.1) is 15.9 Å². The van der Waals surface area contributed by atoms with E-state index in [0.29, 0.717) is 12.2 Å². The number of hydrogen-bond acceptors (Lipinski definition) is 5. The first kappa shape index (κ1) is 14.9. The number of rotatable bonds is 6. The monoisotopic (exact) mass is 291 g/mol. The van der Waals surface area contributed by atoms with Crippen LogP contribution < -0.4 is 5.32 Å². The van der Waals surface area contributed by atoms with Gasteiger partial charge in [-0.1, -0.05) is 12.1 Å². The molecule has 21 heavy (non-hydrogen) atoms. The minimum atomic E-state index is -0.555. The third-order valence-electron chi connectivity index (χ3n) is 2.95. The van der Waals surface area contributed by atoms with E-state index in [-0.39, 0.29) is 17.7 Å². The first-order chi connectivity index (χ1) is 10.1. The van der Waals surface area contributed by atoms with Gasteiger partial charge in [0, 0.05) is 19.7 Å². The number of nitrogens with zero attached hydrogens (tertiary/aromatic N) is 2. The molecule has 0 amide bonds. The van der Waals surface area contributed by atoms with Gasteiger partial charge in [0.15, 0.2) is 6.20 Å². The number of methoxy groups -OCH3 is 1. The number of ether oxygens (including phenoxy) is 1. The van der Waals surface area contributed by atoms with Crippen molar-refractivity contribution < 1.29 is 14.1 Å². The second kappa shape index (κ2) is 6.76. The number of anilines is 1. The number of nitro groups is 1. The van der Waals surface area contributed by atoms with Gasteiger partial charge in [0.25, 0.3) is 0 Å². The summed E-state index contributed by atoms with van der Waals surface area (Å²) >= 11 is 0. The van der Waals surface area contributed by atoms with Crippen LogP contribution in [0.4, 0.5) is 15.9 Å². The molecule has 0 saturated carbocycles. The molecule has 1 unspecified atom stereocenters. The molecule has 1 atom stereocenters. The van der Waals surface area contributed by atoms with Crippen LogP contribution >= 0.6 is 0 Å². The Hall–Kier alpha value is -2.54. The summed E-state index contributed by atoms with van der Waals surface area (Å²) in [6.45, 7) is 0.432. The molecule has 0 aliphatic rings. The summed E-state index contributed by atoms with van der Waals surface area (Å²) in [5.74, 6) is -0.511. The zero-order valence-electron chi connectivity index (χ0n) is 11.3. The van der Waals surface area contributed by atoms with Crippen molar-refractivity contribution in [3.05, 3.63) is 64.1 Å². The van der Waals surface area contributed by atoms with Gasteiger partial charge in [0.05, 0.1) is 11.8 Å². The van der Waals surface area contributed by atoms with Crippen molar-refractivity contribution in [2.24, 2.45) is 0 Å². The van der Waals surface area contributed by atoms with Gasteiger partial charge in [0.1, 0.15) is 5.82 Å². The fourth-order valence-corrected chi connectivity index (χ4v) is 1.82.